The monoisotopic (exact) mass is 368 g/mol. The molecule has 0 heterocycles. The van der Waals surface area contributed by atoms with Gasteiger partial charge in [-0.15, -0.1) is 0 Å². The summed E-state index contributed by atoms with van der Waals surface area (Å²) < 4.78 is 6.98. The Morgan fingerprint density at radius 2 is 1.89 bits per heavy atom. The molecule has 0 aliphatic carbocycles. The zero-order valence-corrected chi connectivity index (χ0v) is 13.5. The van der Waals surface area contributed by atoms with Gasteiger partial charge in [-0.25, -0.2) is 0 Å². The molecule has 0 spiro atoms. The fourth-order valence-electron chi connectivity index (χ4n) is 1.66. The molecule has 0 unspecified atom stereocenters. The average Bonchev–Trinajstić information content (AvgIpc) is 2.35. The van der Waals surface area contributed by atoms with Crippen molar-refractivity contribution in [2.24, 2.45) is 0 Å². The molecule has 0 atom stereocenters. The Bertz CT molecular complexity index is 564. The molecule has 2 rings (SSSR count). The highest BCUT2D eigenvalue weighted by Crippen LogP contribution is 2.30. The molecule has 0 aromatic heterocycles. The van der Waals surface area contributed by atoms with Gasteiger partial charge >= 0.3 is 0 Å². The summed E-state index contributed by atoms with van der Waals surface area (Å²) in [6.45, 7) is 4.17. The second-order valence-electron chi connectivity index (χ2n) is 4.19. The van der Waals surface area contributed by atoms with Crippen LogP contribution in [0, 0.1) is 13.8 Å². The average molecular weight is 370 g/mol. The van der Waals surface area contributed by atoms with Gasteiger partial charge in [0.1, 0.15) is 11.5 Å². The van der Waals surface area contributed by atoms with Crippen LogP contribution in [0.2, 0.25) is 0 Å². The Morgan fingerprint density at radius 3 is 2.56 bits per heavy atom. The van der Waals surface area contributed by atoms with E-state index in [1.807, 2.05) is 24.3 Å². The maximum Gasteiger partial charge on any atom is 0.130 e. The topological polar surface area (TPSA) is 9.23 Å². The van der Waals surface area contributed by atoms with Gasteiger partial charge in [0.15, 0.2) is 0 Å². The van der Waals surface area contributed by atoms with Crippen LogP contribution in [0.25, 0.3) is 0 Å². The third-order valence-electron chi connectivity index (χ3n) is 2.95. The smallest absolute Gasteiger partial charge is 0.130 e. The first kappa shape index (κ1) is 13.6. The third-order valence-corrected chi connectivity index (χ3v) is 4.29. The van der Waals surface area contributed by atoms with Gasteiger partial charge in [0.05, 0.1) is 0 Å². The van der Waals surface area contributed by atoms with E-state index in [2.05, 4.69) is 57.8 Å². The van der Waals surface area contributed by atoms with Crippen LogP contribution >= 0.6 is 31.9 Å². The van der Waals surface area contributed by atoms with Crippen LogP contribution in [0.15, 0.2) is 40.9 Å². The van der Waals surface area contributed by atoms with Crippen molar-refractivity contribution in [2.45, 2.75) is 19.2 Å². The molecule has 0 saturated heterocycles. The van der Waals surface area contributed by atoms with Crippen molar-refractivity contribution < 1.29 is 4.74 Å². The van der Waals surface area contributed by atoms with Crippen LogP contribution in [0.3, 0.4) is 0 Å². The van der Waals surface area contributed by atoms with Crippen LogP contribution in [-0.2, 0) is 5.33 Å². The lowest BCUT2D eigenvalue weighted by Crippen LogP contribution is -1.90. The molecule has 0 amide bonds. The highest BCUT2D eigenvalue weighted by atomic mass is 79.9. The van der Waals surface area contributed by atoms with Gasteiger partial charge in [0.2, 0.25) is 0 Å². The first-order valence-electron chi connectivity index (χ1n) is 5.70. The highest BCUT2D eigenvalue weighted by Gasteiger charge is 2.05. The van der Waals surface area contributed by atoms with Gasteiger partial charge in [-0.05, 0) is 48.7 Å². The zero-order valence-electron chi connectivity index (χ0n) is 10.3. The molecule has 18 heavy (non-hydrogen) atoms. The molecule has 0 fully saturated rings. The van der Waals surface area contributed by atoms with Gasteiger partial charge < -0.3 is 4.74 Å². The molecule has 0 aliphatic heterocycles. The summed E-state index contributed by atoms with van der Waals surface area (Å²) in [6.07, 6.45) is 0. The number of halogens is 2. The molecule has 2 aromatic rings. The molecule has 0 aliphatic rings. The quantitative estimate of drug-likeness (QED) is 0.625. The maximum atomic E-state index is 5.92. The molecule has 0 radical (unpaired) electrons. The van der Waals surface area contributed by atoms with Crippen molar-refractivity contribution in [3.8, 4) is 11.5 Å². The lowest BCUT2D eigenvalue weighted by atomic mass is 10.1. The van der Waals surface area contributed by atoms with E-state index in [0.29, 0.717) is 0 Å². The molecular weight excluding hydrogens is 356 g/mol. The summed E-state index contributed by atoms with van der Waals surface area (Å²) in [7, 11) is 0. The van der Waals surface area contributed by atoms with Crippen LogP contribution in [-0.4, -0.2) is 0 Å². The Balaban J connectivity index is 2.29. The van der Waals surface area contributed by atoms with Gasteiger partial charge in [-0.3, -0.25) is 0 Å². The van der Waals surface area contributed by atoms with Crippen molar-refractivity contribution in [3.63, 3.8) is 0 Å². The van der Waals surface area contributed by atoms with Crippen molar-refractivity contribution >= 4 is 31.9 Å². The van der Waals surface area contributed by atoms with E-state index in [9.17, 15) is 0 Å². The van der Waals surface area contributed by atoms with E-state index in [-0.39, 0.29) is 0 Å². The molecule has 94 valence electrons. The number of rotatable bonds is 3. The van der Waals surface area contributed by atoms with Crippen molar-refractivity contribution in [1.82, 2.24) is 0 Å². The molecule has 0 saturated carbocycles. The number of benzene rings is 2. The van der Waals surface area contributed by atoms with Crippen LogP contribution in [0.1, 0.15) is 16.7 Å². The van der Waals surface area contributed by atoms with Crippen molar-refractivity contribution in [2.75, 3.05) is 0 Å². The fraction of sp³-hybridized carbons (Fsp3) is 0.200. The van der Waals surface area contributed by atoms with E-state index < -0.39 is 0 Å². The number of hydrogen-bond donors (Lipinski definition) is 0. The van der Waals surface area contributed by atoms with Gasteiger partial charge in [-0.2, -0.15) is 0 Å². The summed E-state index contributed by atoms with van der Waals surface area (Å²) in [6, 6.07) is 12.1. The van der Waals surface area contributed by atoms with Crippen molar-refractivity contribution in [1.29, 1.82) is 0 Å². The van der Waals surface area contributed by atoms with Gasteiger partial charge in [0.25, 0.3) is 0 Å². The molecule has 3 heteroatoms. The standard InChI is InChI=1S/C15H14Br2O/c1-10-4-3-5-15(11(10)2)18-13-7-6-12(9-16)14(17)8-13/h3-8H,9H2,1-2H3. The number of hydrogen-bond acceptors (Lipinski definition) is 1. The normalized spacial score (nSPS) is 10.4. The Labute approximate surface area is 124 Å². The van der Waals surface area contributed by atoms with E-state index in [0.717, 1.165) is 21.3 Å². The van der Waals surface area contributed by atoms with Crippen LogP contribution in [0.5, 0.6) is 11.5 Å². The van der Waals surface area contributed by atoms with Crippen molar-refractivity contribution in [3.05, 3.63) is 57.6 Å². The Kier molecular flexibility index (Phi) is 4.46. The number of alkyl halides is 1. The number of ether oxygens (including phenoxy) is 1. The Morgan fingerprint density at radius 1 is 1.11 bits per heavy atom. The van der Waals surface area contributed by atoms with E-state index in [1.54, 1.807) is 0 Å². The second kappa shape index (κ2) is 5.89. The molecule has 0 bridgehead atoms. The lowest BCUT2D eigenvalue weighted by molar-refractivity contribution is 0.478. The molecule has 2 aromatic carbocycles. The minimum Gasteiger partial charge on any atom is -0.457 e. The largest absolute Gasteiger partial charge is 0.457 e. The summed E-state index contributed by atoms with van der Waals surface area (Å²) in [5.41, 5.74) is 3.63. The van der Waals surface area contributed by atoms with E-state index in [4.69, 9.17) is 4.74 Å². The van der Waals surface area contributed by atoms with E-state index >= 15 is 0 Å². The summed E-state index contributed by atoms with van der Waals surface area (Å²) in [5.74, 6) is 1.76. The highest BCUT2D eigenvalue weighted by molar-refractivity contribution is 9.10. The Hall–Kier alpha value is -0.800. The molecule has 1 nitrogen and oxygen atoms in total. The minimum absolute atomic E-state index is 0.831. The predicted octanol–water partition coefficient (Wildman–Crippen LogP) is 5.75. The second-order valence-corrected chi connectivity index (χ2v) is 5.60. The zero-order chi connectivity index (χ0) is 13.1. The molecule has 0 N–H and O–H groups in total. The van der Waals surface area contributed by atoms with E-state index in [1.165, 1.54) is 16.7 Å². The SMILES string of the molecule is Cc1cccc(Oc2ccc(CBr)c(Br)c2)c1C. The maximum absolute atomic E-state index is 5.92. The first-order valence-corrected chi connectivity index (χ1v) is 7.61. The van der Waals surface area contributed by atoms with Gasteiger partial charge in [0, 0.05) is 9.80 Å². The molecular formula is C15H14Br2O. The van der Waals surface area contributed by atoms with Gasteiger partial charge in [-0.1, -0.05) is 50.1 Å². The minimum atomic E-state index is 0.831. The third kappa shape index (κ3) is 2.96. The summed E-state index contributed by atoms with van der Waals surface area (Å²) in [5, 5.41) is 0.831. The van der Waals surface area contributed by atoms with Crippen LogP contribution in [0.4, 0.5) is 0 Å². The van der Waals surface area contributed by atoms with Crippen LogP contribution < -0.4 is 4.74 Å². The summed E-state index contributed by atoms with van der Waals surface area (Å²) in [4.78, 5) is 0. The predicted molar refractivity (Wildman–Crippen MR) is 82.8 cm³/mol. The fourth-order valence-corrected chi connectivity index (χ4v) is 3.02. The lowest BCUT2D eigenvalue weighted by Gasteiger charge is -2.11. The number of aryl methyl sites for hydroxylation is 1. The first-order chi connectivity index (χ1) is 8.61. The summed E-state index contributed by atoms with van der Waals surface area (Å²) >= 11 is 6.99.